The molecule has 0 aromatic rings. The van der Waals surface area contributed by atoms with Gasteiger partial charge in [0.2, 0.25) is 0 Å². The maximum atomic E-state index is 12.5. The van der Waals surface area contributed by atoms with Gasteiger partial charge in [-0.15, -0.1) is 0 Å². The fourth-order valence-corrected chi connectivity index (χ4v) is 6.17. The summed E-state index contributed by atoms with van der Waals surface area (Å²) >= 11 is 0. The van der Waals surface area contributed by atoms with Gasteiger partial charge in [-0.25, -0.2) is 0 Å². The standard InChI is InChI=1S/C14H21F/c15-4-3-8-5-11-7-12(8)14-10-2-1-9(6-10)13(11)14/h8-14H,1-7H2. The molecule has 0 radical (unpaired) electrons. The van der Waals surface area contributed by atoms with Crippen molar-refractivity contribution in [3.8, 4) is 0 Å². The first-order valence-electron chi connectivity index (χ1n) is 6.94. The van der Waals surface area contributed by atoms with Crippen molar-refractivity contribution in [2.75, 3.05) is 6.67 Å². The van der Waals surface area contributed by atoms with Crippen molar-refractivity contribution in [3.63, 3.8) is 0 Å². The van der Waals surface area contributed by atoms with Crippen LogP contribution in [0, 0.1) is 41.4 Å². The van der Waals surface area contributed by atoms with Crippen LogP contribution in [0.3, 0.4) is 0 Å². The Morgan fingerprint density at radius 2 is 1.67 bits per heavy atom. The molecule has 0 aromatic carbocycles. The Labute approximate surface area is 91.6 Å². The van der Waals surface area contributed by atoms with E-state index in [4.69, 9.17) is 0 Å². The minimum atomic E-state index is -0.0701. The van der Waals surface area contributed by atoms with E-state index in [1.807, 2.05) is 0 Å². The van der Waals surface area contributed by atoms with Crippen LogP contribution >= 0.6 is 0 Å². The third-order valence-corrected chi connectivity index (χ3v) is 6.35. The zero-order valence-corrected chi connectivity index (χ0v) is 9.37. The van der Waals surface area contributed by atoms with Gasteiger partial charge in [0.1, 0.15) is 0 Å². The van der Waals surface area contributed by atoms with E-state index in [1.165, 1.54) is 25.7 Å². The predicted molar refractivity (Wildman–Crippen MR) is 58.1 cm³/mol. The maximum absolute atomic E-state index is 12.5. The molecule has 0 aliphatic heterocycles. The second kappa shape index (κ2) is 2.99. The summed E-state index contributed by atoms with van der Waals surface area (Å²) in [5.74, 6) is 7.07. The van der Waals surface area contributed by atoms with Crippen molar-refractivity contribution < 1.29 is 4.39 Å². The summed E-state index contributed by atoms with van der Waals surface area (Å²) in [6.07, 6.45) is 8.33. The fourth-order valence-electron chi connectivity index (χ4n) is 6.17. The van der Waals surface area contributed by atoms with Gasteiger partial charge in [0.05, 0.1) is 6.67 Å². The topological polar surface area (TPSA) is 0 Å². The Morgan fingerprint density at radius 3 is 2.47 bits per heavy atom. The first-order chi connectivity index (χ1) is 7.38. The van der Waals surface area contributed by atoms with E-state index in [1.54, 1.807) is 6.42 Å². The monoisotopic (exact) mass is 208 g/mol. The van der Waals surface area contributed by atoms with Crippen molar-refractivity contribution in [1.82, 2.24) is 0 Å². The van der Waals surface area contributed by atoms with Crippen molar-refractivity contribution in [2.45, 2.75) is 38.5 Å². The molecule has 4 bridgehead atoms. The second-order valence-corrected chi connectivity index (χ2v) is 6.62. The Kier molecular flexibility index (Phi) is 1.79. The van der Waals surface area contributed by atoms with E-state index in [0.29, 0.717) is 0 Å². The summed E-state index contributed by atoms with van der Waals surface area (Å²) in [4.78, 5) is 0. The molecule has 4 fully saturated rings. The molecule has 0 saturated heterocycles. The van der Waals surface area contributed by atoms with Crippen LogP contribution in [0.15, 0.2) is 0 Å². The average molecular weight is 208 g/mol. The lowest BCUT2D eigenvalue weighted by Crippen LogP contribution is -2.32. The van der Waals surface area contributed by atoms with Crippen LogP contribution in [0.1, 0.15) is 38.5 Å². The van der Waals surface area contributed by atoms with E-state index in [0.717, 1.165) is 47.8 Å². The molecule has 0 heterocycles. The highest BCUT2D eigenvalue weighted by Gasteiger charge is 2.61. The molecule has 7 unspecified atom stereocenters. The zero-order valence-electron chi connectivity index (χ0n) is 9.37. The van der Waals surface area contributed by atoms with E-state index >= 15 is 0 Å². The highest BCUT2D eigenvalue weighted by atomic mass is 19.1. The molecule has 0 spiro atoms. The number of hydrogen-bond donors (Lipinski definition) is 0. The lowest BCUT2D eigenvalue weighted by atomic mass is 9.67. The van der Waals surface area contributed by atoms with Crippen molar-refractivity contribution in [2.24, 2.45) is 41.4 Å². The largest absolute Gasteiger partial charge is 0.251 e. The van der Waals surface area contributed by atoms with Crippen LogP contribution in [0.4, 0.5) is 4.39 Å². The van der Waals surface area contributed by atoms with Gasteiger partial charge in [0.25, 0.3) is 0 Å². The lowest BCUT2D eigenvalue weighted by Gasteiger charge is -2.38. The van der Waals surface area contributed by atoms with Gasteiger partial charge < -0.3 is 0 Å². The summed E-state index contributed by atoms with van der Waals surface area (Å²) in [5.41, 5.74) is 0. The maximum Gasteiger partial charge on any atom is 0.0897 e. The number of rotatable bonds is 2. The predicted octanol–water partition coefficient (Wildman–Crippen LogP) is 3.66. The molecule has 4 aliphatic rings. The number of alkyl halides is 1. The van der Waals surface area contributed by atoms with E-state index < -0.39 is 0 Å². The van der Waals surface area contributed by atoms with Crippen molar-refractivity contribution in [3.05, 3.63) is 0 Å². The van der Waals surface area contributed by atoms with Gasteiger partial charge in [-0.05, 0) is 80.0 Å². The Morgan fingerprint density at radius 1 is 0.867 bits per heavy atom. The Hall–Kier alpha value is -0.0700. The minimum Gasteiger partial charge on any atom is -0.251 e. The number of fused-ring (bicyclic) bond motifs is 9. The van der Waals surface area contributed by atoms with Crippen LogP contribution < -0.4 is 0 Å². The molecule has 4 aliphatic carbocycles. The molecule has 0 aromatic heterocycles. The first-order valence-corrected chi connectivity index (χ1v) is 6.94. The van der Waals surface area contributed by atoms with E-state index in [2.05, 4.69) is 0 Å². The third kappa shape index (κ3) is 1.03. The van der Waals surface area contributed by atoms with Crippen molar-refractivity contribution in [1.29, 1.82) is 0 Å². The van der Waals surface area contributed by atoms with Crippen molar-refractivity contribution >= 4 is 0 Å². The van der Waals surface area contributed by atoms with Gasteiger partial charge in [-0.1, -0.05) is 0 Å². The highest BCUT2D eigenvalue weighted by molar-refractivity contribution is 5.10. The molecule has 15 heavy (non-hydrogen) atoms. The SMILES string of the molecule is FCCC1CC2CC1C1C3CCC(C3)C21. The fraction of sp³-hybridized carbons (Fsp3) is 1.00. The van der Waals surface area contributed by atoms with Crippen LogP contribution in [-0.4, -0.2) is 6.67 Å². The normalized spacial score (nSPS) is 60.2. The first kappa shape index (κ1) is 9.01. The quantitative estimate of drug-likeness (QED) is 0.607. The summed E-state index contributed by atoms with van der Waals surface area (Å²) in [7, 11) is 0. The van der Waals surface area contributed by atoms with Gasteiger partial charge in [0, 0.05) is 0 Å². The summed E-state index contributed by atoms with van der Waals surface area (Å²) in [6.45, 7) is -0.0701. The third-order valence-electron chi connectivity index (χ3n) is 6.35. The summed E-state index contributed by atoms with van der Waals surface area (Å²) < 4.78 is 12.5. The average Bonchev–Trinajstić information content (AvgIpc) is 2.95. The lowest BCUT2D eigenvalue weighted by molar-refractivity contribution is 0.0975. The molecular weight excluding hydrogens is 187 g/mol. The van der Waals surface area contributed by atoms with E-state index in [9.17, 15) is 4.39 Å². The summed E-state index contributed by atoms with van der Waals surface area (Å²) in [5, 5.41) is 0. The zero-order chi connectivity index (χ0) is 9.99. The van der Waals surface area contributed by atoms with Gasteiger partial charge in [-0.3, -0.25) is 4.39 Å². The van der Waals surface area contributed by atoms with Crippen LogP contribution in [0.25, 0.3) is 0 Å². The molecular formula is C14H21F. The molecule has 0 amide bonds. The highest BCUT2D eigenvalue weighted by Crippen LogP contribution is 2.69. The second-order valence-electron chi connectivity index (χ2n) is 6.62. The Bertz CT molecular complexity index is 273. The van der Waals surface area contributed by atoms with Gasteiger partial charge >= 0.3 is 0 Å². The molecule has 0 N–H and O–H groups in total. The molecule has 1 heteroatoms. The Balaban J connectivity index is 1.60. The van der Waals surface area contributed by atoms with Gasteiger partial charge in [0.15, 0.2) is 0 Å². The van der Waals surface area contributed by atoms with Crippen LogP contribution in [0.2, 0.25) is 0 Å². The molecule has 84 valence electrons. The van der Waals surface area contributed by atoms with Crippen LogP contribution in [-0.2, 0) is 0 Å². The minimum absolute atomic E-state index is 0.0701. The molecule has 7 atom stereocenters. The van der Waals surface area contributed by atoms with E-state index in [-0.39, 0.29) is 6.67 Å². The number of hydrogen-bond acceptors (Lipinski definition) is 0. The molecule has 4 saturated carbocycles. The van der Waals surface area contributed by atoms with Crippen LogP contribution in [0.5, 0.6) is 0 Å². The summed E-state index contributed by atoms with van der Waals surface area (Å²) in [6, 6.07) is 0. The van der Waals surface area contributed by atoms with Gasteiger partial charge in [-0.2, -0.15) is 0 Å². The number of halogens is 1. The molecule has 4 rings (SSSR count). The molecule has 0 nitrogen and oxygen atoms in total. The smallest absolute Gasteiger partial charge is 0.0897 e.